The van der Waals surface area contributed by atoms with Crippen LogP contribution in [0.3, 0.4) is 0 Å². The molecule has 2 aromatic carbocycles. The molecular weight excluding hydrogens is 511 g/mol. The van der Waals surface area contributed by atoms with Gasteiger partial charge >= 0.3 is 6.18 Å². The molecule has 0 aliphatic carbocycles. The summed E-state index contributed by atoms with van der Waals surface area (Å²) < 4.78 is 45.1. The quantitative estimate of drug-likeness (QED) is 0.359. The second-order valence-electron chi connectivity index (χ2n) is 8.39. The Balaban J connectivity index is 1.65. The van der Waals surface area contributed by atoms with Crippen LogP contribution in [0.4, 0.5) is 18.9 Å². The first-order valence-corrected chi connectivity index (χ1v) is 11.6. The van der Waals surface area contributed by atoms with Crippen molar-refractivity contribution in [2.75, 3.05) is 12.4 Å². The van der Waals surface area contributed by atoms with E-state index in [4.69, 9.17) is 16.3 Å². The first-order valence-electron chi connectivity index (χ1n) is 11.2. The molecule has 3 N–H and O–H groups in total. The van der Waals surface area contributed by atoms with Crippen LogP contribution in [0.2, 0.25) is 5.02 Å². The number of aryl methyl sites for hydroxylation is 1. The lowest BCUT2D eigenvalue weighted by molar-refractivity contribution is -0.137. The maximum absolute atomic E-state index is 13.1. The van der Waals surface area contributed by atoms with Crippen molar-refractivity contribution in [3.05, 3.63) is 82.1 Å². The Morgan fingerprint density at radius 3 is 2.46 bits per heavy atom. The average Bonchev–Trinajstić information content (AvgIpc) is 2.85. The standard InChI is InChI=1S/C26H25ClF3N3O4/c1-14-10-18(37-19-8-9-32-22(13-19)25(36)31-3)6-4-16(14)11-23(34)15(2)24(35)33-17-5-7-21(27)20(12-17)26(28,29)30/h4-10,12-13,15,23,34H,11H2,1-3H3,(H,31,36)(H,33,35). The molecule has 1 heterocycles. The number of aromatic nitrogens is 1. The number of benzene rings is 2. The van der Waals surface area contributed by atoms with Crippen LogP contribution in [0.25, 0.3) is 0 Å². The maximum atomic E-state index is 13.1. The molecule has 0 radical (unpaired) electrons. The van der Waals surface area contributed by atoms with Gasteiger partial charge in [-0.25, -0.2) is 0 Å². The molecule has 2 amide bonds. The zero-order valence-corrected chi connectivity index (χ0v) is 20.9. The highest BCUT2D eigenvalue weighted by Crippen LogP contribution is 2.36. The number of alkyl halides is 3. The number of rotatable bonds is 8. The smallest absolute Gasteiger partial charge is 0.417 e. The fourth-order valence-electron chi connectivity index (χ4n) is 3.48. The van der Waals surface area contributed by atoms with E-state index in [0.717, 1.165) is 23.3 Å². The summed E-state index contributed by atoms with van der Waals surface area (Å²) in [5.74, 6) is -0.979. The minimum absolute atomic E-state index is 0.0749. The lowest BCUT2D eigenvalue weighted by Gasteiger charge is -2.20. The third-order valence-electron chi connectivity index (χ3n) is 5.70. The minimum atomic E-state index is -4.67. The van der Waals surface area contributed by atoms with E-state index >= 15 is 0 Å². The lowest BCUT2D eigenvalue weighted by atomic mass is 9.94. The van der Waals surface area contributed by atoms with Gasteiger partial charge in [0.25, 0.3) is 5.91 Å². The molecule has 0 aliphatic rings. The number of carbonyl (C=O) groups excluding carboxylic acids is 2. The van der Waals surface area contributed by atoms with Gasteiger partial charge in [-0.05, 0) is 60.9 Å². The van der Waals surface area contributed by atoms with Gasteiger partial charge in [0.2, 0.25) is 5.91 Å². The number of hydrogen-bond acceptors (Lipinski definition) is 5. The fraction of sp³-hybridized carbons (Fsp3) is 0.269. The number of aliphatic hydroxyl groups excluding tert-OH is 1. The summed E-state index contributed by atoms with van der Waals surface area (Å²) >= 11 is 5.62. The summed E-state index contributed by atoms with van der Waals surface area (Å²) in [6.07, 6.45) is -4.18. The third-order valence-corrected chi connectivity index (χ3v) is 6.03. The van der Waals surface area contributed by atoms with Gasteiger partial charge < -0.3 is 20.5 Å². The predicted molar refractivity (Wildman–Crippen MR) is 133 cm³/mol. The maximum Gasteiger partial charge on any atom is 0.417 e. The van der Waals surface area contributed by atoms with E-state index < -0.39 is 34.7 Å². The van der Waals surface area contributed by atoms with Gasteiger partial charge in [-0.15, -0.1) is 0 Å². The Morgan fingerprint density at radius 2 is 1.81 bits per heavy atom. The molecule has 37 heavy (non-hydrogen) atoms. The molecule has 2 unspecified atom stereocenters. The average molecular weight is 536 g/mol. The monoisotopic (exact) mass is 535 g/mol. The van der Waals surface area contributed by atoms with Crippen LogP contribution in [0.15, 0.2) is 54.7 Å². The molecule has 3 aromatic rings. The molecule has 3 rings (SSSR count). The molecule has 196 valence electrons. The summed E-state index contributed by atoms with van der Waals surface area (Å²) in [4.78, 5) is 28.3. The van der Waals surface area contributed by atoms with Crippen LogP contribution in [0.1, 0.15) is 34.1 Å². The molecule has 11 heteroatoms. The highest BCUT2D eigenvalue weighted by atomic mass is 35.5. The molecule has 7 nitrogen and oxygen atoms in total. The van der Waals surface area contributed by atoms with Gasteiger partial charge in [0.15, 0.2) is 0 Å². The number of nitrogens with one attached hydrogen (secondary N) is 2. The van der Waals surface area contributed by atoms with Gasteiger partial charge in [0.1, 0.15) is 17.2 Å². The van der Waals surface area contributed by atoms with Crippen LogP contribution in [0.5, 0.6) is 11.5 Å². The Hall–Kier alpha value is -3.63. The van der Waals surface area contributed by atoms with Crippen molar-refractivity contribution in [2.45, 2.75) is 32.5 Å². The molecule has 0 spiro atoms. The number of anilines is 1. The SMILES string of the molecule is CNC(=O)c1cc(Oc2ccc(CC(O)C(C)C(=O)Nc3ccc(Cl)c(C(F)(F)F)c3)c(C)c2)ccn1. The van der Waals surface area contributed by atoms with Crippen LogP contribution in [0, 0.1) is 12.8 Å². The normalized spacial score (nSPS) is 13.0. The van der Waals surface area contributed by atoms with Crippen molar-refractivity contribution in [2.24, 2.45) is 5.92 Å². The summed E-state index contributed by atoms with van der Waals surface area (Å²) in [6, 6.07) is 11.4. The molecular formula is C26H25ClF3N3O4. The van der Waals surface area contributed by atoms with Gasteiger partial charge in [-0.1, -0.05) is 24.6 Å². The van der Waals surface area contributed by atoms with Gasteiger partial charge in [-0.3, -0.25) is 14.6 Å². The van der Waals surface area contributed by atoms with Crippen LogP contribution in [-0.4, -0.2) is 35.1 Å². The summed E-state index contributed by atoms with van der Waals surface area (Å²) in [6.45, 7) is 3.30. The first kappa shape index (κ1) is 27.9. The number of nitrogens with zero attached hydrogens (tertiary/aromatic N) is 1. The number of pyridine rings is 1. The molecule has 2 atom stereocenters. The lowest BCUT2D eigenvalue weighted by Crippen LogP contribution is -2.32. The van der Waals surface area contributed by atoms with Crippen LogP contribution >= 0.6 is 11.6 Å². The second kappa shape index (κ2) is 11.6. The Kier molecular flexibility index (Phi) is 8.77. The third kappa shape index (κ3) is 7.21. The van der Waals surface area contributed by atoms with E-state index in [1.807, 2.05) is 6.92 Å². The van der Waals surface area contributed by atoms with Gasteiger partial charge in [0, 0.05) is 25.0 Å². The Labute approximate surface area is 216 Å². The number of carbonyl (C=O) groups is 2. The molecule has 0 aliphatic heterocycles. The molecule has 1 aromatic heterocycles. The van der Waals surface area contributed by atoms with Gasteiger partial charge in [0.05, 0.1) is 22.6 Å². The number of aliphatic hydroxyl groups is 1. The van der Waals surface area contributed by atoms with E-state index in [-0.39, 0.29) is 23.7 Å². The van der Waals surface area contributed by atoms with Crippen molar-refractivity contribution in [1.29, 1.82) is 0 Å². The van der Waals surface area contributed by atoms with E-state index in [1.54, 1.807) is 24.3 Å². The van der Waals surface area contributed by atoms with Crippen molar-refractivity contribution < 1.29 is 32.6 Å². The van der Waals surface area contributed by atoms with Gasteiger partial charge in [-0.2, -0.15) is 13.2 Å². The molecule has 0 saturated heterocycles. The Bertz CT molecular complexity index is 1300. The summed E-state index contributed by atoms with van der Waals surface area (Å²) in [7, 11) is 1.50. The van der Waals surface area contributed by atoms with Crippen molar-refractivity contribution >= 4 is 29.1 Å². The van der Waals surface area contributed by atoms with Crippen molar-refractivity contribution in [3.8, 4) is 11.5 Å². The molecule has 0 bridgehead atoms. The first-order chi connectivity index (χ1) is 17.4. The van der Waals surface area contributed by atoms with E-state index in [1.165, 1.54) is 32.3 Å². The molecule has 0 saturated carbocycles. The number of amides is 2. The van der Waals surface area contributed by atoms with Crippen molar-refractivity contribution in [1.82, 2.24) is 10.3 Å². The second-order valence-corrected chi connectivity index (χ2v) is 8.80. The fourth-order valence-corrected chi connectivity index (χ4v) is 3.70. The largest absolute Gasteiger partial charge is 0.457 e. The predicted octanol–water partition coefficient (Wildman–Crippen LogP) is 5.39. The highest BCUT2D eigenvalue weighted by molar-refractivity contribution is 6.31. The van der Waals surface area contributed by atoms with E-state index in [9.17, 15) is 27.9 Å². The minimum Gasteiger partial charge on any atom is -0.457 e. The zero-order chi connectivity index (χ0) is 27.3. The number of hydrogen-bond donors (Lipinski definition) is 3. The number of ether oxygens (including phenoxy) is 1. The number of halogens is 4. The zero-order valence-electron chi connectivity index (χ0n) is 20.2. The highest BCUT2D eigenvalue weighted by Gasteiger charge is 2.33. The van der Waals surface area contributed by atoms with Crippen molar-refractivity contribution in [3.63, 3.8) is 0 Å². The van der Waals surface area contributed by atoms with E-state index in [2.05, 4.69) is 15.6 Å². The van der Waals surface area contributed by atoms with Crippen LogP contribution in [-0.2, 0) is 17.4 Å². The topological polar surface area (TPSA) is 101 Å². The van der Waals surface area contributed by atoms with E-state index in [0.29, 0.717) is 11.5 Å². The molecule has 0 fully saturated rings. The summed E-state index contributed by atoms with van der Waals surface area (Å²) in [5, 5.41) is 15.1. The van der Waals surface area contributed by atoms with Crippen LogP contribution < -0.4 is 15.4 Å². The Morgan fingerprint density at radius 1 is 1.11 bits per heavy atom. The summed E-state index contributed by atoms with van der Waals surface area (Å²) in [5.41, 5.74) is 0.615.